The molecule has 1 aromatic rings. The Bertz CT molecular complexity index is 542. The molecular weight excluding hydrogens is 338 g/mol. The van der Waals surface area contributed by atoms with Crippen LogP contribution in [0.1, 0.15) is 49.9 Å². The number of anilines is 1. The molecule has 2 unspecified atom stereocenters. The zero-order valence-electron chi connectivity index (χ0n) is 15.1. The molecule has 2 atom stereocenters. The molecule has 0 aromatic heterocycles. The van der Waals surface area contributed by atoms with Gasteiger partial charge < -0.3 is 16.0 Å². The minimum atomic E-state index is -0.0758. The van der Waals surface area contributed by atoms with Crippen LogP contribution in [0.4, 0.5) is 5.69 Å². The van der Waals surface area contributed by atoms with Gasteiger partial charge in [0.2, 0.25) is 5.91 Å². The van der Waals surface area contributed by atoms with Crippen molar-refractivity contribution in [1.82, 2.24) is 10.6 Å². The monoisotopic (exact) mass is 367 g/mol. The number of carbonyl (C=O) groups excluding carboxylic acids is 2. The first-order chi connectivity index (χ1) is 11.6. The van der Waals surface area contributed by atoms with E-state index in [0.717, 1.165) is 25.2 Å². The quantitative estimate of drug-likeness (QED) is 0.693. The molecule has 0 spiro atoms. The van der Waals surface area contributed by atoms with Gasteiger partial charge in [0, 0.05) is 24.2 Å². The van der Waals surface area contributed by atoms with Crippen LogP contribution in [-0.2, 0) is 4.79 Å². The lowest BCUT2D eigenvalue weighted by molar-refractivity contribution is -0.117. The van der Waals surface area contributed by atoms with Crippen LogP contribution in [0.25, 0.3) is 0 Å². The maximum absolute atomic E-state index is 12.2. The van der Waals surface area contributed by atoms with Crippen LogP contribution in [-0.4, -0.2) is 31.4 Å². The van der Waals surface area contributed by atoms with Crippen LogP contribution in [0.3, 0.4) is 0 Å². The van der Waals surface area contributed by atoms with Crippen LogP contribution in [0.5, 0.6) is 0 Å². The van der Waals surface area contributed by atoms with Crippen molar-refractivity contribution in [3.63, 3.8) is 0 Å². The Morgan fingerprint density at radius 3 is 2.60 bits per heavy atom. The number of piperidine rings is 1. The molecule has 0 radical (unpaired) electrons. The van der Waals surface area contributed by atoms with Gasteiger partial charge in [0.05, 0.1) is 0 Å². The first-order valence-corrected chi connectivity index (χ1v) is 8.99. The van der Waals surface area contributed by atoms with Crippen molar-refractivity contribution >= 4 is 29.9 Å². The second-order valence-electron chi connectivity index (χ2n) is 6.67. The fourth-order valence-corrected chi connectivity index (χ4v) is 3.08. The molecule has 1 aromatic carbocycles. The van der Waals surface area contributed by atoms with Crippen LogP contribution in [0.15, 0.2) is 24.3 Å². The molecule has 1 aliphatic heterocycles. The number of carbonyl (C=O) groups is 2. The number of hydrogen-bond donors (Lipinski definition) is 3. The van der Waals surface area contributed by atoms with E-state index in [9.17, 15) is 9.59 Å². The summed E-state index contributed by atoms with van der Waals surface area (Å²) < 4.78 is 0. The van der Waals surface area contributed by atoms with Gasteiger partial charge in [0.25, 0.3) is 5.91 Å². The van der Waals surface area contributed by atoms with Gasteiger partial charge in [-0.25, -0.2) is 0 Å². The molecule has 0 saturated carbocycles. The van der Waals surface area contributed by atoms with E-state index < -0.39 is 0 Å². The standard InChI is InChI=1S/C19H29N3O2.ClH/c1-3-10-21-19(24)15-6-8-17(9-7-15)22-18(23)12-14(2)16-5-4-11-20-13-16;/h6-9,14,16,20H,3-5,10-13H2,1-2H3,(H,21,24)(H,22,23);1H. The highest BCUT2D eigenvalue weighted by molar-refractivity contribution is 5.95. The number of halogens is 1. The third-order valence-corrected chi connectivity index (χ3v) is 4.61. The Hall–Kier alpha value is -1.59. The molecule has 5 nitrogen and oxygen atoms in total. The lowest BCUT2D eigenvalue weighted by atomic mass is 9.85. The van der Waals surface area contributed by atoms with Crippen LogP contribution in [0, 0.1) is 11.8 Å². The van der Waals surface area contributed by atoms with E-state index in [4.69, 9.17) is 0 Å². The van der Waals surface area contributed by atoms with Gasteiger partial charge >= 0.3 is 0 Å². The van der Waals surface area contributed by atoms with E-state index in [0.29, 0.717) is 30.4 Å². The van der Waals surface area contributed by atoms with E-state index in [-0.39, 0.29) is 24.2 Å². The second kappa shape index (κ2) is 11.1. The fourth-order valence-electron chi connectivity index (χ4n) is 3.08. The van der Waals surface area contributed by atoms with Crippen molar-refractivity contribution in [2.24, 2.45) is 11.8 Å². The largest absolute Gasteiger partial charge is 0.352 e. The van der Waals surface area contributed by atoms with Gasteiger partial charge in [-0.15, -0.1) is 12.4 Å². The minimum absolute atomic E-state index is 0. The van der Waals surface area contributed by atoms with E-state index in [1.807, 2.05) is 6.92 Å². The molecule has 1 saturated heterocycles. The van der Waals surface area contributed by atoms with Crippen LogP contribution >= 0.6 is 12.4 Å². The van der Waals surface area contributed by atoms with Crippen molar-refractivity contribution in [2.75, 3.05) is 25.0 Å². The van der Waals surface area contributed by atoms with Crippen molar-refractivity contribution < 1.29 is 9.59 Å². The molecule has 0 aliphatic carbocycles. The summed E-state index contributed by atoms with van der Waals surface area (Å²) in [6.45, 7) is 6.94. The first-order valence-electron chi connectivity index (χ1n) is 8.99. The van der Waals surface area contributed by atoms with Crippen LogP contribution < -0.4 is 16.0 Å². The molecule has 6 heteroatoms. The Morgan fingerprint density at radius 1 is 1.28 bits per heavy atom. The van der Waals surface area contributed by atoms with Gasteiger partial charge in [0.15, 0.2) is 0 Å². The highest BCUT2D eigenvalue weighted by atomic mass is 35.5. The third-order valence-electron chi connectivity index (χ3n) is 4.61. The summed E-state index contributed by atoms with van der Waals surface area (Å²) >= 11 is 0. The zero-order chi connectivity index (χ0) is 17.4. The summed E-state index contributed by atoms with van der Waals surface area (Å²) in [6, 6.07) is 7.06. The van der Waals surface area contributed by atoms with Gasteiger partial charge in [0.1, 0.15) is 0 Å². The minimum Gasteiger partial charge on any atom is -0.352 e. The third kappa shape index (κ3) is 7.04. The van der Waals surface area contributed by atoms with Crippen molar-refractivity contribution in [2.45, 2.75) is 39.5 Å². The van der Waals surface area contributed by atoms with E-state index in [1.54, 1.807) is 24.3 Å². The topological polar surface area (TPSA) is 70.2 Å². The number of hydrogen-bond acceptors (Lipinski definition) is 3. The number of amides is 2. The average molecular weight is 368 g/mol. The molecule has 25 heavy (non-hydrogen) atoms. The van der Waals surface area contributed by atoms with Gasteiger partial charge in [-0.3, -0.25) is 9.59 Å². The average Bonchev–Trinajstić information content (AvgIpc) is 2.61. The Balaban J connectivity index is 0.00000312. The molecule has 1 heterocycles. The van der Waals surface area contributed by atoms with Gasteiger partial charge in [-0.05, 0) is 68.5 Å². The summed E-state index contributed by atoms with van der Waals surface area (Å²) in [5.41, 5.74) is 1.35. The fraction of sp³-hybridized carbons (Fsp3) is 0.579. The first kappa shape index (κ1) is 21.5. The Labute approximate surface area is 156 Å². The van der Waals surface area contributed by atoms with Crippen molar-refractivity contribution in [3.8, 4) is 0 Å². The predicted molar refractivity (Wildman–Crippen MR) is 104 cm³/mol. The summed E-state index contributed by atoms with van der Waals surface area (Å²) in [7, 11) is 0. The molecule has 2 amide bonds. The molecule has 1 fully saturated rings. The van der Waals surface area contributed by atoms with Gasteiger partial charge in [-0.1, -0.05) is 13.8 Å². The zero-order valence-corrected chi connectivity index (χ0v) is 16.0. The van der Waals surface area contributed by atoms with Crippen LogP contribution in [0.2, 0.25) is 0 Å². The van der Waals surface area contributed by atoms with Gasteiger partial charge in [-0.2, -0.15) is 0 Å². The highest BCUT2D eigenvalue weighted by Crippen LogP contribution is 2.23. The molecule has 140 valence electrons. The summed E-state index contributed by atoms with van der Waals surface area (Å²) in [5.74, 6) is 0.912. The number of benzene rings is 1. The highest BCUT2D eigenvalue weighted by Gasteiger charge is 2.22. The van der Waals surface area contributed by atoms with E-state index in [2.05, 4.69) is 22.9 Å². The Morgan fingerprint density at radius 2 is 2.00 bits per heavy atom. The predicted octanol–water partition coefficient (Wildman–Crippen LogP) is 3.21. The van der Waals surface area contributed by atoms with Crippen molar-refractivity contribution in [3.05, 3.63) is 29.8 Å². The second-order valence-corrected chi connectivity index (χ2v) is 6.67. The summed E-state index contributed by atoms with van der Waals surface area (Å²) in [5, 5.41) is 9.17. The maximum Gasteiger partial charge on any atom is 0.251 e. The molecule has 3 N–H and O–H groups in total. The number of rotatable bonds is 7. The lowest BCUT2D eigenvalue weighted by Crippen LogP contribution is -2.34. The summed E-state index contributed by atoms with van der Waals surface area (Å²) in [6.07, 6.45) is 3.83. The van der Waals surface area contributed by atoms with Crippen molar-refractivity contribution in [1.29, 1.82) is 0 Å². The smallest absolute Gasteiger partial charge is 0.251 e. The SMILES string of the molecule is CCCNC(=O)c1ccc(NC(=O)CC(C)C2CCCNC2)cc1.Cl. The molecule has 2 rings (SSSR count). The van der Waals surface area contributed by atoms with E-state index >= 15 is 0 Å². The normalized spacial score (nSPS) is 17.9. The number of nitrogens with one attached hydrogen (secondary N) is 3. The maximum atomic E-state index is 12.2. The molecule has 0 bridgehead atoms. The summed E-state index contributed by atoms with van der Waals surface area (Å²) in [4.78, 5) is 24.1. The lowest BCUT2D eigenvalue weighted by Gasteiger charge is -2.28. The molecular formula is C19H30ClN3O2. The van der Waals surface area contributed by atoms with E-state index in [1.165, 1.54) is 12.8 Å². The molecule has 1 aliphatic rings. The Kier molecular flexibility index (Phi) is 9.53.